The van der Waals surface area contributed by atoms with E-state index in [-0.39, 0.29) is 18.2 Å². The Labute approximate surface area is 139 Å². The first kappa shape index (κ1) is 16.4. The lowest BCUT2D eigenvalue weighted by Gasteiger charge is -2.58. The monoisotopic (exact) mass is 331 g/mol. The first-order valence-corrected chi connectivity index (χ1v) is 7.94. The van der Waals surface area contributed by atoms with Crippen LogP contribution < -0.4 is 5.32 Å². The fraction of sp³-hybridized carbons (Fsp3) is 0.471. The number of carboxylic acids is 1. The van der Waals surface area contributed by atoms with Crippen molar-refractivity contribution in [2.75, 3.05) is 6.61 Å². The summed E-state index contributed by atoms with van der Waals surface area (Å²) in [5.41, 5.74) is -1.17. The largest absolute Gasteiger partial charge is 0.479 e. The van der Waals surface area contributed by atoms with Crippen LogP contribution in [0.25, 0.3) is 10.9 Å². The molecule has 0 bridgehead atoms. The molecule has 2 aromatic rings. The number of hydrogen-bond acceptors (Lipinski definition) is 4. The number of aliphatic carboxylic acids is 1. The number of carboxylic acid groups (broad SMARTS) is 1. The Kier molecular flexibility index (Phi) is 3.83. The van der Waals surface area contributed by atoms with E-state index in [2.05, 4.69) is 15.5 Å². The number of carbonyl (C=O) groups is 2. The molecule has 1 aliphatic carbocycles. The van der Waals surface area contributed by atoms with Crippen LogP contribution in [0.15, 0.2) is 24.3 Å². The Morgan fingerprint density at radius 1 is 1.42 bits per heavy atom. The second-order valence-electron chi connectivity index (χ2n) is 6.65. The van der Waals surface area contributed by atoms with E-state index in [0.29, 0.717) is 12.0 Å². The lowest BCUT2D eigenvalue weighted by molar-refractivity contribution is -0.190. The van der Waals surface area contributed by atoms with Crippen LogP contribution in [0.4, 0.5) is 0 Å². The standard InChI is InChI=1S/C17H21N3O4/c1-4-24-12-9-17(15(22)23,16(12,2)3)18-14(21)13-10-7-5-6-8-11(10)19-20-13/h5-8,12H,4,9H2,1-3H3,(H,18,21)(H,19,20)(H,22,23). The average Bonchev–Trinajstić information content (AvgIpc) is 2.97. The number of hydrogen-bond donors (Lipinski definition) is 3. The molecular formula is C17H21N3O4. The summed E-state index contributed by atoms with van der Waals surface area (Å²) in [5, 5.41) is 20.0. The summed E-state index contributed by atoms with van der Waals surface area (Å²) in [6.45, 7) is 5.97. The van der Waals surface area contributed by atoms with E-state index in [1.807, 2.05) is 19.1 Å². The molecule has 2 unspecified atom stereocenters. The molecule has 24 heavy (non-hydrogen) atoms. The highest BCUT2D eigenvalue weighted by Gasteiger charge is 2.66. The zero-order chi connectivity index (χ0) is 17.5. The van der Waals surface area contributed by atoms with Crippen LogP contribution in [0.3, 0.4) is 0 Å². The maximum absolute atomic E-state index is 12.7. The van der Waals surface area contributed by atoms with E-state index in [4.69, 9.17) is 4.74 Å². The van der Waals surface area contributed by atoms with E-state index >= 15 is 0 Å². The van der Waals surface area contributed by atoms with Gasteiger partial charge in [0.05, 0.1) is 11.6 Å². The number of nitrogens with one attached hydrogen (secondary N) is 2. The van der Waals surface area contributed by atoms with E-state index in [9.17, 15) is 14.7 Å². The number of fused-ring (bicyclic) bond motifs is 1. The first-order chi connectivity index (χ1) is 11.3. The zero-order valence-corrected chi connectivity index (χ0v) is 13.9. The van der Waals surface area contributed by atoms with Crippen molar-refractivity contribution in [3.8, 4) is 0 Å². The molecule has 0 aliphatic heterocycles. The number of carbonyl (C=O) groups excluding carboxylic acids is 1. The number of H-pyrrole nitrogens is 1. The SMILES string of the molecule is CCOC1CC(NC(=O)c2n[nH]c3ccccc23)(C(=O)O)C1(C)C. The molecule has 1 saturated carbocycles. The zero-order valence-electron chi connectivity index (χ0n) is 13.9. The summed E-state index contributed by atoms with van der Waals surface area (Å²) < 4.78 is 5.60. The van der Waals surface area contributed by atoms with Crippen molar-refractivity contribution in [2.45, 2.75) is 38.8 Å². The van der Waals surface area contributed by atoms with Gasteiger partial charge in [-0.15, -0.1) is 0 Å². The summed E-state index contributed by atoms with van der Waals surface area (Å²) in [6, 6.07) is 7.23. The molecule has 128 valence electrons. The molecule has 1 amide bonds. The third-order valence-electron chi connectivity index (χ3n) is 5.14. The maximum atomic E-state index is 12.7. The third kappa shape index (κ3) is 2.19. The molecule has 0 saturated heterocycles. The van der Waals surface area contributed by atoms with Gasteiger partial charge in [0.1, 0.15) is 5.54 Å². The molecule has 7 nitrogen and oxygen atoms in total. The van der Waals surface area contributed by atoms with Crippen LogP contribution in [0.2, 0.25) is 0 Å². The Morgan fingerprint density at radius 2 is 2.12 bits per heavy atom. The van der Waals surface area contributed by atoms with Gasteiger partial charge in [-0.1, -0.05) is 32.0 Å². The van der Waals surface area contributed by atoms with Crippen molar-refractivity contribution in [1.29, 1.82) is 0 Å². The Hall–Kier alpha value is -2.41. The second-order valence-corrected chi connectivity index (χ2v) is 6.65. The minimum Gasteiger partial charge on any atom is -0.479 e. The molecule has 1 aliphatic rings. The molecule has 3 N–H and O–H groups in total. The van der Waals surface area contributed by atoms with Crippen LogP contribution >= 0.6 is 0 Å². The van der Waals surface area contributed by atoms with Crippen molar-refractivity contribution in [2.24, 2.45) is 5.41 Å². The highest BCUT2D eigenvalue weighted by Crippen LogP contribution is 2.51. The van der Waals surface area contributed by atoms with Crippen LogP contribution in [0, 0.1) is 5.41 Å². The Bertz CT molecular complexity index is 798. The topological polar surface area (TPSA) is 104 Å². The van der Waals surface area contributed by atoms with E-state index in [1.165, 1.54) is 0 Å². The van der Waals surface area contributed by atoms with Crippen molar-refractivity contribution in [3.63, 3.8) is 0 Å². The number of rotatable bonds is 5. The molecule has 0 spiro atoms. The normalized spacial score (nSPS) is 25.2. The molecule has 7 heteroatoms. The number of ether oxygens (including phenoxy) is 1. The van der Waals surface area contributed by atoms with Gasteiger partial charge in [-0.2, -0.15) is 5.10 Å². The van der Waals surface area contributed by atoms with Gasteiger partial charge in [0.15, 0.2) is 5.69 Å². The fourth-order valence-corrected chi connectivity index (χ4v) is 3.43. The lowest BCUT2D eigenvalue weighted by Crippen LogP contribution is -2.76. The summed E-state index contributed by atoms with van der Waals surface area (Å²) >= 11 is 0. The maximum Gasteiger partial charge on any atom is 0.330 e. The number of amides is 1. The van der Waals surface area contributed by atoms with Gasteiger partial charge in [-0.25, -0.2) is 4.79 Å². The number of aromatic amines is 1. The first-order valence-electron chi connectivity index (χ1n) is 7.94. The summed E-state index contributed by atoms with van der Waals surface area (Å²) in [7, 11) is 0. The molecule has 1 heterocycles. The fourth-order valence-electron chi connectivity index (χ4n) is 3.43. The summed E-state index contributed by atoms with van der Waals surface area (Å²) in [6.07, 6.45) is 0.0203. The number of benzene rings is 1. The predicted octanol–water partition coefficient (Wildman–Crippen LogP) is 1.95. The van der Waals surface area contributed by atoms with Crippen molar-refractivity contribution in [1.82, 2.24) is 15.5 Å². The molecule has 2 atom stereocenters. The molecule has 3 rings (SSSR count). The minimum absolute atomic E-state index is 0.196. The average molecular weight is 331 g/mol. The van der Waals surface area contributed by atoms with Gasteiger partial charge in [0.25, 0.3) is 5.91 Å². The molecule has 1 fully saturated rings. The van der Waals surface area contributed by atoms with Crippen molar-refractivity contribution >= 4 is 22.8 Å². The number of para-hydroxylation sites is 1. The quantitative estimate of drug-likeness (QED) is 0.777. The molecule has 1 aromatic heterocycles. The van der Waals surface area contributed by atoms with Crippen LogP contribution in [0.1, 0.15) is 37.7 Å². The highest BCUT2D eigenvalue weighted by molar-refractivity contribution is 6.06. The van der Waals surface area contributed by atoms with Gasteiger partial charge >= 0.3 is 5.97 Å². The number of aromatic nitrogens is 2. The minimum atomic E-state index is -1.37. The molecule has 1 aromatic carbocycles. The van der Waals surface area contributed by atoms with Crippen molar-refractivity contribution in [3.05, 3.63) is 30.0 Å². The Balaban J connectivity index is 1.90. The van der Waals surface area contributed by atoms with Gasteiger partial charge in [0.2, 0.25) is 0 Å². The predicted molar refractivity (Wildman–Crippen MR) is 87.7 cm³/mol. The number of nitrogens with zero attached hydrogens (tertiary/aromatic N) is 1. The van der Waals surface area contributed by atoms with Crippen LogP contribution in [-0.4, -0.2) is 45.4 Å². The van der Waals surface area contributed by atoms with Gasteiger partial charge in [0, 0.05) is 23.8 Å². The molecule has 0 radical (unpaired) electrons. The van der Waals surface area contributed by atoms with Crippen LogP contribution in [-0.2, 0) is 9.53 Å². The van der Waals surface area contributed by atoms with E-state index in [0.717, 1.165) is 5.52 Å². The second kappa shape index (κ2) is 5.59. The Morgan fingerprint density at radius 3 is 2.75 bits per heavy atom. The van der Waals surface area contributed by atoms with Crippen molar-refractivity contribution < 1.29 is 19.4 Å². The van der Waals surface area contributed by atoms with Gasteiger partial charge < -0.3 is 15.2 Å². The van der Waals surface area contributed by atoms with Crippen LogP contribution in [0.5, 0.6) is 0 Å². The summed E-state index contributed by atoms with van der Waals surface area (Å²) in [4.78, 5) is 24.6. The van der Waals surface area contributed by atoms with E-state index in [1.54, 1.807) is 26.0 Å². The third-order valence-corrected chi connectivity index (χ3v) is 5.14. The summed E-state index contributed by atoms with van der Waals surface area (Å²) in [5.74, 6) is -1.56. The lowest BCUT2D eigenvalue weighted by atomic mass is 9.54. The smallest absolute Gasteiger partial charge is 0.330 e. The highest BCUT2D eigenvalue weighted by atomic mass is 16.5. The molecular weight excluding hydrogens is 310 g/mol. The van der Waals surface area contributed by atoms with Gasteiger partial charge in [-0.3, -0.25) is 9.89 Å². The van der Waals surface area contributed by atoms with E-state index < -0.39 is 22.8 Å². The van der Waals surface area contributed by atoms with Gasteiger partial charge in [-0.05, 0) is 13.0 Å².